The van der Waals surface area contributed by atoms with Gasteiger partial charge in [0.25, 0.3) is 0 Å². The van der Waals surface area contributed by atoms with Crippen molar-refractivity contribution >= 4 is 28.4 Å². The van der Waals surface area contributed by atoms with Crippen LogP contribution in [0.1, 0.15) is 31.2 Å². The average molecular weight is 343 g/mol. The van der Waals surface area contributed by atoms with E-state index in [1.807, 2.05) is 24.3 Å². The van der Waals surface area contributed by atoms with Crippen LogP contribution in [0.15, 0.2) is 24.3 Å². The summed E-state index contributed by atoms with van der Waals surface area (Å²) >= 11 is 2.27. The Morgan fingerprint density at radius 3 is 2.53 bits per heavy atom. The molecule has 0 amide bonds. The van der Waals surface area contributed by atoms with Crippen molar-refractivity contribution in [3.8, 4) is 0 Å². The van der Waals surface area contributed by atoms with Gasteiger partial charge in [0.05, 0.1) is 0 Å². The standard InChI is InChI=1S/C14H18INO/c15-11-7-5-10(6-8-11)9-14(17)12-3-1-2-4-13(12)16/h5-8,12-13H,1-4,9,16H2. The molecule has 1 saturated carbocycles. The molecule has 0 spiro atoms. The summed E-state index contributed by atoms with van der Waals surface area (Å²) in [6.45, 7) is 0. The monoisotopic (exact) mass is 343 g/mol. The zero-order chi connectivity index (χ0) is 12.3. The van der Waals surface area contributed by atoms with Crippen LogP contribution in [0.25, 0.3) is 0 Å². The van der Waals surface area contributed by atoms with E-state index in [0.717, 1.165) is 24.8 Å². The first kappa shape index (κ1) is 13.0. The van der Waals surface area contributed by atoms with E-state index in [0.29, 0.717) is 12.2 Å². The van der Waals surface area contributed by atoms with Crippen molar-refractivity contribution in [3.63, 3.8) is 0 Å². The smallest absolute Gasteiger partial charge is 0.141 e. The minimum absolute atomic E-state index is 0.0834. The SMILES string of the molecule is NC1CCCCC1C(=O)Cc1ccc(I)cc1. The molecule has 0 radical (unpaired) electrons. The molecule has 1 aliphatic carbocycles. The van der Waals surface area contributed by atoms with E-state index in [1.54, 1.807) is 0 Å². The van der Waals surface area contributed by atoms with Crippen LogP contribution < -0.4 is 5.73 Å². The maximum Gasteiger partial charge on any atom is 0.141 e. The van der Waals surface area contributed by atoms with Crippen molar-refractivity contribution < 1.29 is 4.79 Å². The molecular formula is C14H18INO. The Bertz CT molecular complexity index is 388. The second-order valence-corrected chi connectivity index (χ2v) is 6.07. The summed E-state index contributed by atoms with van der Waals surface area (Å²) in [4.78, 5) is 12.2. The molecule has 2 N–H and O–H groups in total. The molecule has 92 valence electrons. The molecule has 3 heteroatoms. The predicted molar refractivity (Wildman–Crippen MR) is 77.8 cm³/mol. The van der Waals surface area contributed by atoms with Gasteiger partial charge in [-0.25, -0.2) is 0 Å². The summed E-state index contributed by atoms with van der Waals surface area (Å²) in [6, 6.07) is 8.25. The van der Waals surface area contributed by atoms with Crippen molar-refractivity contribution in [2.75, 3.05) is 0 Å². The Balaban J connectivity index is 1.98. The summed E-state index contributed by atoms with van der Waals surface area (Å²) in [5.74, 6) is 0.404. The van der Waals surface area contributed by atoms with E-state index in [9.17, 15) is 4.79 Å². The molecule has 1 aliphatic rings. The fourth-order valence-electron chi connectivity index (χ4n) is 2.49. The quantitative estimate of drug-likeness (QED) is 0.858. The van der Waals surface area contributed by atoms with Gasteiger partial charge in [0, 0.05) is 22.0 Å². The lowest BCUT2D eigenvalue weighted by atomic mass is 9.81. The van der Waals surface area contributed by atoms with E-state index in [-0.39, 0.29) is 12.0 Å². The second kappa shape index (κ2) is 5.96. The number of benzene rings is 1. The third-order valence-corrected chi connectivity index (χ3v) is 4.24. The van der Waals surface area contributed by atoms with Crippen LogP contribution in [0.4, 0.5) is 0 Å². The number of halogens is 1. The number of hydrogen-bond acceptors (Lipinski definition) is 2. The fourth-order valence-corrected chi connectivity index (χ4v) is 2.85. The molecule has 0 heterocycles. The number of rotatable bonds is 3. The van der Waals surface area contributed by atoms with Crippen molar-refractivity contribution in [2.24, 2.45) is 11.7 Å². The van der Waals surface area contributed by atoms with Gasteiger partial charge in [0.2, 0.25) is 0 Å². The highest BCUT2D eigenvalue weighted by Crippen LogP contribution is 2.25. The maximum absolute atomic E-state index is 12.2. The Morgan fingerprint density at radius 2 is 1.88 bits per heavy atom. The van der Waals surface area contributed by atoms with Gasteiger partial charge in [-0.05, 0) is 53.1 Å². The number of Topliss-reactive ketones (excluding diaryl/α,β-unsaturated/α-hetero) is 1. The van der Waals surface area contributed by atoms with Crippen LogP contribution in [-0.4, -0.2) is 11.8 Å². The van der Waals surface area contributed by atoms with Gasteiger partial charge < -0.3 is 5.73 Å². The van der Waals surface area contributed by atoms with Crippen molar-refractivity contribution in [1.29, 1.82) is 0 Å². The molecular weight excluding hydrogens is 325 g/mol. The van der Waals surface area contributed by atoms with Crippen molar-refractivity contribution in [3.05, 3.63) is 33.4 Å². The lowest BCUT2D eigenvalue weighted by Crippen LogP contribution is -2.38. The molecule has 0 aliphatic heterocycles. The molecule has 0 aromatic heterocycles. The number of carbonyl (C=O) groups excluding carboxylic acids is 1. The number of ketones is 1. The minimum atomic E-state index is 0.0834. The van der Waals surface area contributed by atoms with Crippen LogP contribution in [-0.2, 0) is 11.2 Å². The topological polar surface area (TPSA) is 43.1 Å². The van der Waals surface area contributed by atoms with Gasteiger partial charge in [-0.3, -0.25) is 4.79 Å². The van der Waals surface area contributed by atoms with Crippen LogP contribution >= 0.6 is 22.6 Å². The molecule has 2 rings (SSSR count). The van der Waals surface area contributed by atoms with Crippen molar-refractivity contribution in [2.45, 2.75) is 38.1 Å². The first-order valence-corrected chi connectivity index (χ1v) is 7.27. The molecule has 0 saturated heterocycles. The maximum atomic E-state index is 12.2. The lowest BCUT2D eigenvalue weighted by molar-refractivity contribution is -0.123. The molecule has 2 nitrogen and oxygen atoms in total. The van der Waals surface area contributed by atoms with E-state index >= 15 is 0 Å². The summed E-state index contributed by atoms with van der Waals surface area (Å²) in [7, 11) is 0. The zero-order valence-corrected chi connectivity index (χ0v) is 12.0. The predicted octanol–water partition coefficient (Wildman–Crippen LogP) is 2.92. The lowest BCUT2D eigenvalue weighted by Gasteiger charge is -2.27. The average Bonchev–Trinajstić information content (AvgIpc) is 2.32. The first-order chi connectivity index (χ1) is 8.16. The van der Waals surface area contributed by atoms with Gasteiger partial charge >= 0.3 is 0 Å². The van der Waals surface area contributed by atoms with E-state index in [4.69, 9.17) is 5.73 Å². The summed E-state index contributed by atoms with van der Waals surface area (Å²) in [5.41, 5.74) is 7.14. The number of carbonyl (C=O) groups is 1. The molecule has 1 aromatic carbocycles. The van der Waals surface area contributed by atoms with Gasteiger partial charge in [-0.1, -0.05) is 25.0 Å². The summed E-state index contributed by atoms with van der Waals surface area (Å²) in [6.07, 6.45) is 4.84. The van der Waals surface area contributed by atoms with Gasteiger partial charge in [-0.15, -0.1) is 0 Å². The third-order valence-electron chi connectivity index (χ3n) is 3.52. The molecule has 1 fully saturated rings. The van der Waals surface area contributed by atoms with Crippen LogP contribution in [0.2, 0.25) is 0 Å². The largest absolute Gasteiger partial charge is 0.327 e. The normalized spacial score (nSPS) is 24.6. The van der Waals surface area contributed by atoms with Crippen LogP contribution in [0.3, 0.4) is 0 Å². The number of nitrogens with two attached hydrogens (primary N) is 1. The Kier molecular flexibility index (Phi) is 4.56. The van der Waals surface area contributed by atoms with E-state index in [1.165, 1.54) is 9.99 Å². The summed E-state index contributed by atoms with van der Waals surface area (Å²) in [5, 5.41) is 0. The molecule has 17 heavy (non-hydrogen) atoms. The highest BCUT2D eigenvalue weighted by Gasteiger charge is 2.27. The fraction of sp³-hybridized carbons (Fsp3) is 0.500. The van der Waals surface area contributed by atoms with E-state index < -0.39 is 0 Å². The van der Waals surface area contributed by atoms with E-state index in [2.05, 4.69) is 22.6 Å². The van der Waals surface area contributed by atoms with Crippen LogP contribution in [0.5, 0.6) is 0 Å². The zero-order valence-electron chi connectivity index (χ0n) is 9.86. The highest BCUT2D eigenvalue weighted by atomic mass is 127. The van der Waals surface area contributed by atoms with Crippen molar-refractivity contribution in [1.82, 2.24) is 0 Å². The first-order valence-electron chi connectivity index (χ1n) is 6.19. The molecule has 0 bridgehead atoms. The third kappa shape index (κ3) is 3.52. The Labute approximate surface area is 116 Å². The minimum Gasteiger partial charge on any atom is -0.327 e. The molecule has 2 atom stereocenters. The van der Waals surface area contributed by atoms with Gasteiger partial charge in [0.15, 0.2) is 0 Å². The molecule has 2 unspecified atom stereocenters. The highest BCUT2D eigenvalue weighted by molar-refractivity contribution is 14.1. The van der Waals surface area contributed by atoms with Crippen LogP contribution in [0, 0.1) is 9.49 Å². The number of hydrogen-bond donors (Lipinski definition) is 1. The second-order valence-electron chi connectivity index (χ2n) is 4.82. The summed E-state index contributed by atoms with van der Waals surface area (Å²) < 4.78 is 1.20. The van der Waals surface area contributed by atoms with Gasteiger partial charge in [-0.2, -0.15) is 0 Å². The molecule has 1 aromatic rings. The Morgan fingerprint density at radius 1 is 1.24 bits per heavy atom. The van der Waals surface area contributed by atoms with Gasteiger partial charge in [0.1, 0.15) is 5.78 Å². The Hall–Kier alpha value is -0.420.